The van der Waals surface area contributed by atoms with E-state index >= 15 is 0 Å². The molecular weight excluding hydrogens is 415 g/mol. The third kappa shape index (κ3) is 3.10. The summed E-state index contributed by atoms with van der Waals surface area (Å²) in [6, 6.07) is 2.28. The lowest BCUT2D eigenvalue weighted by molar-refractivity contribution is -0.289. The maximum atomic E-state index is 13.9. The molecule has 6 nitrogen and oxygen atoms in total. The Morgan fingerprint density at radius 3 is 2.53 bits per heavy atom. The molecule has 2 aliphatic heterocycles. The number of benzene rings is 1. The summed E-state index contributed by atoms with van der Waals surface area (Å²) >= 11 is 0. The zero-order valence-electron chi connectivity index (χ0n) is 16.2. The van der Waals surface area contributed by atoms with Gasteiger partial charge in [0.25, 0.3) is 0 Å². The number of halogens is 5. The molecule has 30 heavy (non-hydrogen) atoms. The first kappa shape index (κ1) is 20.8. The fraction of sp³-hybridized carbons (Fsp3) is 0.579. The SMILES string of the molecule is CN1N=C(O[C@@H]2c3cc(C(F)(F)C(F)(F)F)ccc3OC(C)(C)[C@H]2O)[C@@H]2C[C@@H]2C1=O. The van der Waals surface area contributed by atoms with E-state index in [0.29, 0.717) is 18.6 Å². The number of carbonyl (C=O) groups excluding carboxylic acids is 1. The maximum absolute atomic E-state index is 13.9. The van der Waals surface area contributed by atoms with Gasteiger partial charge in [0.1, 0.15) is 17.5 Å². The minimum Gasteiger partial charge on any atom is -0.485 e. The van der Waals surface area contributed by atoms with Gasteiger partial charge in [-0.15, -0.1) is 5.10 Å². The Kier molecular flexibility index (Phi) is 4.36. The van der Waals surface area contributed by atoms with E-state index in [1.54, 1.807) is 0 Å². The fourth-order valence-corrected chi connectivity index (χ4v) is 3.72. The van der Waals surface area contributed by atoms with Crippen LogP contribution in [0.3, 0.4) is 0 Å². The summed E-state index contributed by atoms with van der Waals surface area (Å²) in [5.74, 6) is -5.76. The summed E-state index contributed by atoms with van der Waals surface area (Å²) in [4.78, 5) is 11.9. The highest BCUT2D eigenvalue weighted by molar-refractivity contribution is 5.96. The number of hydrogen-bond acceptors (Lipinski definition) is 5. The van der Waals surface area contributed by atoms with Crippen molar-refractivity contribution in [3.63, 3.8) is 0 Å². The van der Waals surface area contributed by atoms with Crippen molar-refractivity contribution in [3.05, 3.63) is 29.3 Å². The number of alkyl halides is 5. The van der Waals surface area contributed by atoms with Crippen LogP contribution in [0.15, 0.2) is 23.3 Å². The number of rotatable bonds is 2. The van der Waals surface area contributed by atoms with Crippen LogP contribution >= 0.6 is 0 Å². The van der Waals surface area contributed by atoms with E-state index in [2.05, 4.69) is 5.10 Å². The van der Waals surface area contributed by atoms with E-state index in [4.69, 9.17) is 9.47 Å². The molecule has 3 aliphatic rings. The molecule has 4 rings (SSSR count). The molecule has 1 saturated carbocycles. The van der Waals surface area contributed by atoms with Crippen LogP contribution in [0.1, 0.15) is 37.5 Å². The summed E-state index contributed by atoms with van der Waals surface area (Å²) in [5, 5.41) is 15.9. The monoisotopic (exact) mass is 434 g/mol. The molecule has 0 bridgehead atoms. The first-order valence-electron chi connectivity index (χ1n) is 9.23. The molecule has 1 fully saturated rings. The van der Waals surface area contributed by atoms with Gasteiger partial charge in [0.05, 0.1) is 5.92 Å². The van der Waals surface area contributed by atoms with E-state index in [-0.39, 0.29) is 35.0 Å². The highest BCUT2D eigenvalue weighted by Crippen LogP contribution is 2.50. The number of aliphatic hydroxyl groups excluding tert-OH is 1. The van der Waals surface area contributed by atoms with E-state index < -0.39 is 35.5 Å². The van der Waals surface area contributed by atoms with Crippen LogP contribution in [0.5, 0.6) is 5.75 Å². The van der Waals surface area contributed by atoms with Crippen molar-refractivity contribution in [1.82, 2.24) is 5.01 Å². The van der Waals surface area contributed by atoms with E-state index in [1.165, 1.54) is 20.9 Å². The van der Waals surface area contributed by atoms with Gasteiger partial charge in [0, 0.05) is 24.1 Å². The molecule has 1 N–H and O–H groups in total. The molecule has 1 amide bonds. The average molecular weight is 434 g/mol. The summed E-state index contributed by atoms with van der Waals surface area (Å²) in [5.41, 5.74) is -2.66. The number of ether oxygens (including phenoxy) is 2. The molecule has 0 spiro atoms. The third-order valence-electron chi connectivity index (χ3n) is 5.65. The number of aliphatic hydroxyl groups is 1. The lowest BCUT2D eigenvalue weighted by atomic mass is 9.87. The number of hydrazone groups is 1. The van der Waals surface area contributed by atoms with Gasteiger partial charge in [0.2, 0.25) is 11.8 Å². The predicted molar refractivity (Wildman–Crippen MR) is 92.7 cm³/mol. The van der Waals surface area contributed by atoms with Crippen molar-refractivity contribution >= 4 is 11.8 Å². The minimum absolute atomic E-state index is 0.0187. The second-order valence-corrected chi connectivity index (χ2v) is 8.26. The molecular formula is C19H19F5N2O4. The van der Waals surface area contributed by atoms with Crippen LogP contribution in [0.4, 0.5) is 22.0 Å². The van der Waals surface area contributed by atoms with Crippen LogP contribution in [-0.2, 0) is 15.5 Å². The van der Waals surface area contributed by atoms with Crippen LogP contribution in [0.25, 0.3) is 0 Å². The molecule has 1 aromatic carbocycles. The van der Waals surface area contributed by atoms with Gasteiger partial charge in [-0.05, 0) is 38.5 Å². The number of nitrogens with zero attached hydrogens (tertiary/aromatic N) is 2. The summed E-state index contributed by atoms with van der Waals surface area (Å²) in [6.45, 7) is 3.07. The van der Waals surface area contributed by atoms with Gasteiger partial charge < -0.3 is 14.6 Å². The topological polar surface area (TPSA) is 71.4 Å². The average Bonchev–Trinajstić information content (AvgIpc) is 3.42. The standard InChI is InChI=1S/C19H19F5N2O4/c1-17(2)14(27)13(29-15-9-7-10(9)16(28)26(3)25-15)11-6-8(4-5-12(11)30-17)18(20,21)19(22,23)24/h4-6,9-10,13-14,27H,7H2,1-3H3/t9-,10+,13-,14+/m1/s1. The quantitative estimate of drug-likeness (QED) is 0.725. The minimum atomic E-state index is -5.79. The van der Waals surface area contributed by atoms with Crippen molar-refractivity contribution in [2.45, 2.75) is 50.2 Å². The van der Waals surface area contributed by atoms with Gasteiger partial charge in [-0.3, -0.25) is 4.79 Å². The first-order valence-corrected chi connectivity index (χ1v) is 9.23. The van der Waals surface area contributed by atoms with Crippen LogP contribution in [0, 0.1) is 11.8 Å². The molecule has 0 radical (unpaired) electrons. The molecule has 164 valence electrons. The molecule has 2 heterocycles. The largest absolute Gasteiger partial charge is 0.485 e. The highest BCUT2D eigenvalue weighted by atomic mass is 19.4. The number of carbonyl (C=O) groups is 1. The molecule has 0 unspecified atom stereocenters. The molecule has 0 aromatic heterocycles. The second-order valence-electron chi connectivity index (χ2n) is 8.26. The third-order valence-corrected chi connectivity index (χ3v) is 5.65. The molecule has 4 atom stereocenters. The van der Waals surface area contributed by atoms with Crippen LogP contribution < -0.4 is 4.74 Å². The molecule has 0 saturated heterocycles. The Hall–Kier alpha value is -2.43. The van der Waals surface area contributed by atoms with Crippen molar-refractivity contribution in [2.75, 3.05) is 7.05 Å². The lowest BCUT2D eigenvalue weighted by Crippen LogP contribution is -2.50. The van der Waals surface area contributed by atoms with Crippen molar-refractivity contribution < 1.29 is 41.3 Å². The Labute approximate surface area is 168 Å². The Bertz CT molecular complexity index is 930. The van der Waals surface area contributed by atoms with E-state index in [1.807, 2.05) is 0 Å². The molecule has 1 aromatic rings. The van der Waals surface area contributed by atoms with E-state index in [0.717, 1.165) is 11.1 Å². The highest BCUT2D eigenvalue weighted by Gasteiger charge is 2.59. The smallest absolute Gasteiger partial charge is 0.458 e. The van der Waals surface area contributed by atoms with Crippen molar-refractivity contribution in [3.8, 4) is 5.75 Å². The number of hydrogen-bond donors (Lipinski definition) is 1. The van der Waals surface area contributed by atoms with Gasteiger partial charge in [0.15, 0.2) is 6.10 Å². The van der Waals surface area contributed by atoms with Gasteiger partial charge in [-0.25, -0.2) is 5.01 Å². The van der Waals surface area contributed by atoms with Gasteiger partial charge in [-0.2, -0.15) is 22.0 Å². The first-order chi connectivity index (χ1) is 13.7. The Morgan fingerprint density at radius 1 is 1.23 bits per heavy atom. The predicted octanol–water partition coefficient (Wildman–Crippen LogP) is 3.35. The van der Waals surface area contributed by atoms with Gasteiger partial charge >= 0.3 is 12.1 Å². The Balaban J connectivity index is 1.75. The molecule has 11 heteroatoms. The fourth-order valence-electron chi connectivity index (χ4n) is 3.72. The lowest BCUT2D eigenvalue weighted by Gasteiger charge is -2.42. The molecule has 1 aliphatic carbocycles. The summed E-state index contributed by atoms with van der Waals surface area (Å²) < 4.78 is 77.8. The zero-order chi connectivity index (χ0) is 22.2. The zero-order valence-corrected chi connectivity index (χ0v) is 16.2. The second kappa shape index (κ2) is 6.29. The van der Waals surface area contributed by atoms with Gasteiger partial charge in [-0.1, -0.05) is 0 Å². The number of amides is 1. The normalized spacial score (nSPS) is 30.1. The van der Waals surface area contributed by atoms with Crippen molar-refractivity contribution in [1.29, 1.82) is 0 Å². The van der Waals surface area contributed by atoms with Crippen LogP contribution in [0.2, 0.25) is 0 Å². The summed E-state index contributed by atoms with van der Waals surface area (Å²) in [7, 11) is 1.43. The van der Waals surface area contributed by atoms with Crippen molar-refractivity contribution in [2.24, 2.45) is 16.9 Å². The Morgan fingerprint density at radius 2 is 1.90 bits per heavy atom. The summed E-state index contributed by atoms with van der Waals surface area (Å²) in [6.07, 6.45) is -8.01. The van der Waals surface area contributed by atoms with E-state index in [9.17, 15) is 31.9 Å². The van der Waals surface area contributed by atoms with Crippen LogP contribution in [-0.4, -0.2) is 46.8 Å². The number of fused-ring (bicyclic) bond motifs is 2. The maximum Gasteiger partial charge on any atom is 0.458 e.